The standard InChI is InChI=1S/C21H26FN3O2/c1-16(8-9-17-6-4-3-5-7-17)23-20(26)14-25(2)15-21(27)24-19-12-10-18(22)11-13-19/h3-7,10-13,16H,8-9,14-15H2,1-2H3,(H,23,26)(H,24,27)/p+1/t16-/m1/s1. The fourth-order valence-corrected chi connectivity index (χ4v) is 2.77. The third-order valence-electron chi connectivity index (χ3n) is 4.17. The van der Waals surface area contributed by atoms with Crippen LogP contribution in [0.25, 0.3) is 0 Å². The second kappa shape index (κ2) is 10.4. The lowest BCUT2D eigenvalue weighted by molar-refractivity contribution is -0.862. The minimum Gasteiger partial charge on any atom is -0.349 e. The quantitative estimate of drug-likeness (QED) is 0.623. The van der Waals surface area contributed by atoms with Gasteiger partial charge >= 0.3 is 0 Å². The number of anilines is 1. The molecule has 0 aliphatic carbocycles. The summed E-state index contributed by atoms with van der Waals surface area (Å²) in [6.45, 7) is 2.35. The molecule has 2 aromatic rings. The fraction of sp³-hybridized carbons (Fsp3) is 0.333. The molecular formula is C21H27FN3O2+. The van der Waals surface area contributed by atoms with E-state index in [-0.39, 0.29) is 36.8 Å². The van der Waals surface area contributed by atoms with Crippen molar-refractivity contribution in [1.29, 1.82) is 0 Å². The second-order valence-corrected chi connectivity index (χ2v) is 6.86. The highest BCUT2D eigenvalue weighted by molar-refractivity contribution is 5.91. The van der Waals surface area contributed by atoms with Crippen LogP contribution in [0.5, 0.6) is 0 Å². The summed E-state index contributed by atoms with van der Waals surface area (Å²) in [6.07, 6.45) is 1.77. The highest BCUT2D eigenvalue weighted by Gasteiger charge is 2.16. The van der Waals surface area contributed by atoms with Gasteiger partial charge in [0.25, 0.3) is 11.8 Å². The average molecular weight is 372 g/mol. The number of aryl methyl sites for hydroxylation is 1. The predicted octanol–water partition coefficient (Wildman–Crippen LogP) is 1.42. The van der Waals surface area contributed by atoms with E-state index >= 15 is 0 Å². The van der Waals surface area contributed by atoms with Gasteiger partial charge in [0.05, 0.1) is 7.05 Å². The first-order chi connectivity index (χ1) is 12.9. The maximum absolute atomic E-state index is 12.9. The number of benzene rings is 2. The fourth-order valence-electron chi connectivity index (χ4n) is 2.77. The van der Waals surface area contributed by atoms with E-state index in [1.165, 1.54) is 29.8 Å². The van der Waals surface area contributed by atoms with E-state index in [0.29, 0.717) is 5.69 Å². The van der Waals surface area contributed by atoms with E-state index in [1.807, 2.05) is 25.1 Å². The van der Waals surface area contributed by atoms with Crippen molar-refractivity contribution >= 4 is 17.5 Å². The Balaban J connectivity index is 1.67. The number of halogens is 1. The maximum atomic E-state index is 12.9. The van der Waals surface area contributed by atoms with Crippen LogP contribution in [0.3, 0.4) is 0 Å². The summed E-state index contributed by atoms with van der Waals surface area (Å²) in [5.41, 5.74) is 1.78. The molecule has 0 aliphatic rings. The molecule has 144 valence electrons. The van der Waals surface area contributed by atoms with Crippen LogP contribution in [0.4, 0.5) is 10.1 Å². The first kappa shape index (κ1) is 20.6. The van der Waals surface area contributed by atoms with Crippen LogP contribution in [0.1, 0.15) is 18.9 Å². The zero-order valence-electron chi connectivity index (χ0n) is 15.8. The second-order valence-electron chi connectivity index (χ2n) is 6.86. The number of likely N-dealkylation sites (N-methyl/N-ethyl adjacent to an activating group) is 1. The van der Waals surface area contributed by atoms with Gasteiger partial charge in [0.2, 0.25) is 0 Å². The predicted molar refractivity (Wildman–Crippen MR) is 104 cm³/mol. The van der Waals surface area contributed by atoms with Crippen molar-refractivity contribution in [2.75, 3.05) is 25.5 Å². The van der Waals surface area contributed by atoms with Gasteiger partial charge in [-0.25, -0.2) is 4.39 Å². The Kier molecular flexibility index (Phi) is 7.95. The number of quaternary nitrogens is 1. The van der Waals surface area contributed by atoms with Crippen molar-refractivity contribution in [2.24, 2.45) is 0 Å². The van der Waals surface area contributed by atoms with Crippen molar-refractivity contribution in [3.63, 3.8) is 0 Å². The van der Waals surface area contributed by atoms with Crippen molar-refractivity contribution in [3.8, 4) is 0 Å². The average Bonchev–Trinajstić information content (AvgIpc) is 2.62. The van der Waals surface area contributed by atoms with Crippen LogP contribution in [0, 0.1) is 5.82 Å². The summed E-state index contributed by atoms with van der Waals surface area (Å²) >= 11 is 0. The monoisotopic (exact) mass is 372 g/mol. The van der Waals surface area contributed by atoms with Crippen molar-refractivity contribution < 1.29 is 18.9 Å². The Morgan fingerprint density at radius 3 is 2.30 bits per heavy atom. The molecule has 0 heterocycles. The third kappa shape index (κ3) is 8.00. The van der Waals surface area contributed by atoms with E-state index in [0.717, 1.165) is 17.7 Å². The molecule has 2 rings (SSSR count). The number of rotatable bonds is 9. The minimum absolute atomic E-state index is 0.0681. The Hall–Kier alpha value is -2.73. The van der Waals surface area contributed by atoms with E-state index < -0.39 is 0 Å². The highest BCUT2D eigenvalue weighted by atomic mass is 19.1. The van der Waals surface area contributed by atoms with E-state index in [1.54, 1.807) is 7.05 Å². The van der Waals surface area contributed by atoms with Gasteiger partial charge in [0.1, 0.15) is 5.82 Å². The molecule has 3 N–H and O–H groups in total. The highest BCUT2D eigenvalue weighted by Crippen LogP contribution is 2.07. The molecule has 0 bridgehead atoms. The Bertz CT molecular complexity index is 735. The Morgan fingerprint density at radius 1 is 1.00 bits per heavy atom. The molecule has 2 aromatic carbocycles. The molecule has 5 nitrogen and oxygen atoms in total. The molecule has 0 saturated carbocycles. The van der Waals surface area contributed by atoms with Gasteiger partial charge in [-0.15, -0.1) is 0 Å². The summed E-state index contributed by atoms with van der Waals surface area (Å²) in [6, 6.07) is 15.8. The molecule has 0 radical (unpaired) electrons. The van der Waals surface area contributed by atoms with Crippen molar-refractivity contribution in [1.82, 2.24) is 5.32 Å². The largest absolute Gasteiger partial charge is 0.349 e. The lowest BCUT2D eigenvalue weighted by atomic mass is 10.1. The van der Waals surface area contributed by atoms with Crippen LogP contribution in [0.15, 0.2) is 54.6 Å². The van der Waals surface area contributed by atoms with Crippen molar-refractivity contribution in [2.45, 2.75) is 25.8 Å². The van der Waals surface area contributed by atoms with Crippen molar-refractivity contribution in [3.05, 3.63) is 66.0 Å². The van der Waals surface area contributed by atoms with Crippen LogP contribution in [-0.2, 0) is 16.0 Å². The smallest absolute Gasteiger partial charge is 0.279 e. The minimum atomic E-state index is -0.353. The normalized spacial score (nSPS) is 12.9. The summed E-state index contributed by atoms with van der Waals surface area (Å²) in [5.74, 6) is -0.652. The molecule has 0 fully saturated rings. The van der Waals surface area contributed by atoms with Gasteiger partial charge in [0, 0.05) is 11.7 Å². The SMILES string of the molecule is C[C@H](CCc1ccccc1)NC(=O)C[NH+](C)CC(=O)Nc1ccc(F)cc1. The van der Waals surface area contributed by atoms with Gasteiger partial charge in [-0.2, -0.15) is 0 Å². The summed E-state index contributed by atoms with van der Waals surface area (Å²) in [4.78, 5) is 24.9. The van der Waals surface area contributed by atoms with E-state index in [9.17, 15) is 14.0 Å². The Morgan fingerprint density at radius 2 is 1.63 bits per heavy atom. The number of carbonyl (C=O) groups excluding carboxylic acids is 2. The molecule has 0 saturated heterocycles. The van der Waals surface area contributed by atoms with Gasteiger partial charge in [-0.05, 0) is 49.6 Å². The van der Waals surface area contributed by atoms with Gasteiger partial charge in [-0.1, -0.05) is 30.3 Å². The topological polar surface area (TPSA) is 62.6 Å². The van der Waals surface area contributed by atoms with Crippen LogP contribution >= 0.6 is 0 Å². The number of carbonyl (C=O) groups is 2. The number of hydrogen-bond donors (Lipinski definition) is 3. The van der Waals surface area contributed by atoms with Gasteiger partial charge in [0.15, 0.2) is 13.1 Å². The molecule has 0 aliphatic heterocycles. The first-order valence-electron chi connectivity index (χ1n) is 9.12. The first-order valence-corrected chi connectivity index (χ1v) is 9.12. The summed E-state index contributed by atoms with van der Waals surface area (Å²) in [7, 11) is 1.79. The molecule has 2 amide bonds. The zero-order valence-corrected chi connectivity index (χ0v) is 15.8. The number of amides is 2. The molecule has 2 atom stereocenters. The van der Waals surface area contributed by atoms with Gasteiger partial charge < -0.3 is 15.5 Å². The third-order valence-corrected chi connectivity index (χ3v) is 4.17. The number of hydrogen-bond acceptors (Lipinski definition) is 2. The molecular weight excluding hydrogens is 345 g/mol. The van der Waals surface area contributed by atoms with Crippen LogP contribution in [0.2, 0.25) is 0 Å². The number of nitrogens with one attached hydrogen (secondary N) is 3. The van der Waals surface area contributed by atoms with Gasteiger partial charge in [-0.3, -0.25) is 9.59 Å². The lowest BCUT2D eigenvalue weighted by Gasteiger charge is -2.17. The molecule has 1 unspecified atom stereocenters. The summed E-state index contributed by atoms with van der Waals surface area (Å²) in [5, 5.41) is 5.67. The zero-order chi connectivity index (χ0) is 19.6. The lowest BCUT2D eigenvalue weighted by Crippen LogP contribution is -3.11. The molecule has 0 spiro atoms. The molecule has 6 heteroatoms. The Labute approximate surface area is 159 Å². The molecule has 27 heavy (non-hydrogen) atoms. The maximum Gasteiger partial charge on any atom is 0.279 e. The van der Waals surface area contributed by atoms with E-state index in [2.05, 4.69) is 22.8 Å². The van der Waals surface area contributed by atoms with Crippen LogP contribution < -0.4 is 15.5 Å². The van der Waals surface area contributed by atoms with Crippen LogP contribution in [-0.4, -0.2) is 38.0 Å². The summed E-state index contributed by atoms with van der Waals surface area (Å²) < 4.78 is 12.9. The molecule has 0 aromatic heterocycles. The van der Waals surface area contributed by atoms with E-state index in [4.69, 9.17) is 0 Å².